The van der Waals surface area contributed by atoms with Crippen LogP contribution in [0.4, 0.5) is 5.69 Å². The number of amides is 5. The lowest BCUT2D eigenvalue weighted by atomic mass is 10.0. The number of aliphatic hydroxyl groups excluding tert-OH is 2. The van der Waals surface area contributed by atoms with Gasteiger partial charge in [-0.3, -0.25) is 24.0 Å². The van der Waals surface area contributed by atoms with Crippen LogP contribution in [0.5, 0.6) is 0 Å². The van der Waals surface area contributed by atoms with Gasteiger partial charge in [-0.05, 0) is 105 Å². The van der Waals surface area contributed by atoms with Crippen LogP contribution in [0.1, 0.15) is 134 Å². The Morgan fingerprint density at radius 2 is 1.08 bits per heavy atom. The number of benzene rings is 2. The number of hydrogen-bond donors (Lipinski definition) is 9. The van der Waals surface area contributed by atoms with E-state index in [0.29, 0.717) is 11.1 Å². The molecule has 0 aliphatic carbocycles. The maximum atomic E-state index is 14.2. The molecule has 0 saturated carbocycles. The van der Waals surface area contributed by atoms with Crippen molar-refractivity contribution >= 4 is 97.3 Å². The minimum absolute atomic E-state index is 0.0115. The van der Waals surface area contributed by atoms with Gasteiger partial charge in [-0.2, -0.15) is 35.3 Å². The smallest absolute Gasteiger partial charge is 0.329 e. The fourth-order valence-corrected chi connectivity index (χ4v) is 12.3. The van der Waals surface area contributed by atoms with Crippen LogP contribution in [0, 0.1) is 0 Å². The van der Waals surface area contributed by atoms with Gasteiger partial charge in [0.15, 0.2) is 0 Å². The minimum atomic E-state index is -3.99. The Labute approximate surface area is 520 Å². The van der Waals surface area contributed by atoms with Crippen molar-refractivity contribution in [3.63, 3.8) is 0 Å². The van der Waals surface area contributed by atoms with Crippen molar-refractivity contribution in [3.05, 3.63) is 83.0 Å². The van der Waals surface area contributed by atoms with Crippen molar-refractivity contribution in [1.82, 2.24) is 31.3 Å². The molecule has 0 saturated heterocycles. The van der Waals surface area contributed by atoms with E-state index in [2.05, 4.69) is 77.2 Å². The number of carbonyl (C=O) groups excluding carboxylic acids is 6. The summed E-state index contributed by atoms with van der Waals surface area (Å²) in [4.78, 5) is 84.2. The number of ether oxygens (including phenoxy) is 1. The van der Waals surface area contributed by atoms with Crippen LogP contribution in [0.3, 0.4) is 0 Å². The van der Waals surface area contributed by atoms with Crippen LogP contribution in [0.25, 0.3) is 10.8 Å². The monoisotopic (exact) mass is 1260 g/mol. The summed E-state index contributed by atoms with van der Waals surface area (Å²) in [5.74, 6) is -4.22. The van der Waals surface area contributed by atoms with E-state index in [4.69, 9.17) is 10.5 Å². The first-order valence-electron chi connectivity index (χ1n) is 29.0. The van der Waals surface area contributed by atoms with E-state index in [9.17, 15) is 47.4 Å². The Hall–Kier alpha value is -4.88. The molecule has 2 aromatic rings. The van der Waals surface area contributed by atoms with E-state index in [1.807, 2.05) is 85.7 Å². The van der Waals surface area contributed by atoms with Crippen molar-refractivity contribution in [2.45, 2.75) is 185 Å². The summed E-state index contributed by atoms with van der Waals surface area (Å²) in [6.45, 7) is 20.4. The molecule has 5 amide bonds. The number of allylic oxidation sites excluding steroid dienone is 7. The number of rotatable bonds is 38. The molecule has 478 valence electrons. The summed E-state index contributed by atoms with van der Waals surface area (Å²) < 4.78 is 34.4. The van der Waals surface area contributed by atoms with Gasteiger partial charge in [-0.25, -0.2) is 17.9 Å². The summed E-state index contributed by atoms with van der Waals surface area (Å²) >= 11 is 4.14. The van der Waals surface area contributed by atoms with E-state index in [-0.39, 0.29) is 57.5 Å². The Morgan fingerprint density at radius 1 is 0.612 bits per heavy atom. The average molecular weight is 1260 g/mol. The second-order valence-electron chi connectivity index (χ2n) is 23.7. The number of nitrogens with one attached hydrogen (secondary N) is 6. The number of aliphatic hydroxyl groups is 2. The predicted octanol–water partition coefficient (Wildman–Crippen LogP) is 7.21. The molecule has 0 aromatic heterocycles. The molecule has 10 N–H and O–H groups in total. The number of anilines is 1. The Balaban J connectivity index is 2.34. The lowest BCUT2D eigenvalue weighted by molar-refractivity contribution is -0.145. The molecule has 0 aliphatic rings. The molecule has 0 spiro atoms. The first-order chi connectivity index (χ1) is 39.8. The third-order valence-corrected chi connectivity index (χ3v) is 18.5. The van der Waals surface area contributed by atoms with Gasteiger partial charge in [0.25, 0.3) is 0 Å². The van der Waals surface area contributed by atoms with Gasteiger partial charge < -0.3 is 52.2 Å². The number of thioether (sulfide) groups is 3. The molecule has 0 radical (unpaired) electrons. The SMILES string of the molecule is COC(=O)[C@H](CSC(C)(C)C)NC(=O)[C@H](CO)NC(=O)[C@H](CSC/C=C(\C)CC/C=C(\C)CC/C=C(\C)CCC=C(C)C)NC(=O)[C@H](CO)NC(=O)[C@H](CCCCNS(=O)(=O)c1cccc2c(N(C)C)cccc12)NC(=O)[C@@H](N)CSC(C)(C)C. The van der Waals surface area contributed by atoms with Gasteiger partial charge in [-0.1, -0.05) is 112 Å². The third-order valence-electron chi connectivity index (χ3n) is 13.2. The fourth-order valence-electron chi connectivity index (χ4n) is 8.29. The molecule has 85 heavy (non-hydrogen) atoms. The highest BCUT2D eigenvalue weighted by Gasteiger charge is 2.34. The molecular formula is C62H100N8O11S4. The molecule has 2 rings (SSSR count). The summed E-state index contributed by atoms with van der Waals surface area (Å²) in [6.07, 6.45) is 15.0. The van der Waals surface area contributed by atoms with Crippen LogP contribution < -0.4 is 41.9 Å². The van der Waals surface area contributed by atoms with Crippen molar-refractivity contribution in [2.24, 2.45) is 5.73 Å². The van der Waals surface area contributed by atoms with Gasteiger partial charge in [0.2, 0.25) is 39.6 Å². The molecule has 19 nitrogen and oxygen atoms in total. The van der Waals surface area contributed by atoms with Crippen LogP contribution in [-0.2, 0) is 43.5 Å². The molecule has 6 atom stereocenters. The minimum Gasteiger partial charge on any atom is -0.467 e. The quantitative estimate of drug-likeness (QED) is 0.0182. The number of fused-ring (bicyclic) bond motifs is 1. The standard InChI is InChI=1S/C62H100N8O11S4/c1-41(2)22-17-23-42(3)24-18-25-43(4)26-19-27-44(5)33-35-82-39-51(59(77)67-50(37-72)58(76)69-52(60(78)81-14)40-84-62(9,10)11)68-57(75)49(36-71)66-56(74)48(65-55(73)47(63)38-83-61(6,7)8)30-15-16-34-64-85(79,80)54-32-21-28-45-46(54)29-20-31-53(45)70(12)13/h20-22,24,26,28-29,31-33,47-52,64,71-72H,15-19,23,25,27,30,34-40,63H2,1-14H3,(H,65,73)(H,66,74)(H,67,77)(H,68,75)(H,69,76)/b42-24+,43-26+,44-33+/t47-,48-,49-,50-,51-,52-/m0/s1. The van der Waals surface area contributed by atoms with Gasteiger partial charge in [0.05, 0.1) is 31.3 Å². The number of unbranched alkanes of at least 4 members (excludes halogenated alkanes) is 1. The second kappa shape index (κ2) is 38.4. The molecule has 0 fully saturated rings. The first kappa shape index (κ1) is 76.2. The van der Waals surface area contributed by atoms with E-state index < -0.39 is 95.0 Å². The van der Waals surface area contributed by atoms with Gasteiger partial charge in [-0.15, -0.1) is 0 Å². The molecule has 2 aromatic carbocycles. The average Bonchev–Trinajstić information content (AvgIpc) is 1.72. The molecule has 23 heteroatoms. The van der Waals surface area contributed by atoms with Crippen molar-refractivity contribution < 1.29 is 52.1 Å². The zero-order valence-corrected chi connectivity index (χ0v) is 56.0. The summed E-state index contributed by atoms with van der Waals surface area (Å²) in [6, 6.07) is 2.46. The lowest BCUT2D eigenvalue weighted by Crippen LogP contribution is -2.61. The van der Waals surface area contributed by atoms with E-state index in [0.717, 1.165) is 55.2 Å². The third kappa shape index (κ3) is 30.1. The highest BCUT2D eigenvalue weighted by molar-refractivity contribution is 8.01. The highest BCUT2D eigenvalue weighted by atomic mass is 32.2. The largest absolute Gasteiger partial charge is 0.467 e. The molecular weight excluding hydrogens is 1160 g/mol. The lowest BCUT2D eigenvalue weighted by Gasteiger charge is -2.27. The highest BCUT2D eigenvalue weighted by Crippen LogP contribution is 2.30. The summed E-state index contributed by atoms with van der Waals surface area (Å²) in [5, 5.41) is 35.2. The maximum Gasteiger partial charge on any atom is 0.329 e. The number of methoxy groups -OCH3 is 1. The molecule has 0 heterocycles. The first-order valence-corrected chi connectivity index (χ1v) is 33.6. The zero-order valence-electron chi connectivity index (χ0n) is 52.8. The molecule has 0 aliphatic heterocycles. The number of nitrogens with two attached hydrogens (primary N) is 1. The van der Waals surface area contributed by atoms with E-state index in [1.165, 1.54) is 65.2 Å². The maximum absolute atomic E-state index is 14.2. The van der Waals surface area contributed by atoms with Crippen LogP contribution in [0.15, 0.2) is 87.9 Å². The van der Waals surface area contributed by atoms with Gasteiger partial charge in [0.1, 0.15) is 30.2 Å². The van der Waals surface area contributed by atoms with Gasteiger partial charge >= 0.3 is 5.97 Å². The van der Waals surface area contributed by atoms with Crippen molar-refractivity contribution in [3.8, 4) is 0 Å². The number of esters is 1. The summed E-state index contributed by atoms with van der Waals surface area (Å²) in [5.41, 5.74) is 12.3. The number of hydrogen-bond acceptors (Lipinski definition) is 16. The number of carbonyl (C=O) groups is 6. The van der Waals surface area contributed by atoms with Crippen LogP contribution in [0.2, 0.25) is 0 Å². The molecule has 0 bridgehead atoms. The van der Waals surface area contributed by atoms with E-state index >= 15 is 0 Å². The van der Waals surface area contributed by atoms with Crippen LogP contribution in [-0.4, -0.2) is 164 Å². The zero-order chi connectivity index (χ0) is 64.1. The molecule has 0 unspecified atom stereocenters. The number of sulfonamides is 1. The number of nitrogens with zero attached hydrogens (tertiary/aromatic N) is 1. The summed E-state index contributed by atoms with van der Waals surface area (Å²) in [7, 11) is 0.934. The van der Waals surface area contributed by atoms with Crippen molar-refractivity contribution in [1.29, 1.82) is 0 Å². The van der Waals surface area contributed by atoms with Crippen molar-refractivity contribution in [2.75, 3.05) is 68.9 Å². The van der Waals surface area contributed by atoms with Gasteiger partial charge in [0, 0.05) is 69.6 Å². The Morgan fingerprint density at radius 3 is 1.61 bits per heavy atom. The van der Waals surface area contributed by atoms with Crippen LogP contribution >= 0.6 is 35.3 Å². The normalized spacial score (nSPS) is 14.7. The fraction of sp³-hybridized carbons (Fsp3) is 0.613. The Kier molecular flexibility index (Phi) is 34.4. The Bertz CT molecular complexity index is 2730. The predicted molar refractivity (Wildman–Crippen MR) is 351 cm³/mol. The topological polar surface area (TPSA) is 288 Å². The van der Waals surface area contributed by atoms with E-state index in [1.54, 1.807) is 18.2 Å². The second-order valence-corrected chi connectivity index (χ2v) is 30.2.